The van der Waals surface area contributed by atoms with Gasteiger partial charge in [0.15, 0.2) is 23.1 Å². The van der Waals surface area contributed by atoms with Gasteiger partial charge < -0.3 is 19.1 Å². The van der Waals surface area contributed by atoms with Crippen LogP contribution in [-0.4, -0.2) is 19.9 Å². The number of hydrogen-bond acceptors (Lipinski definition) is 4. The second-order valence-electron chi connectivity index (χ2n) is 6.93. The largest absolute Gasteiger partial charge is 0.485 e. The van der Waals surface area contributed by atoms with Gasteiger partial charge in [-0.2, -0.15) is 0 Å². The molecule has 0 amide bonds. The first kappa shape index (κ1) is 19.3. The highest BCUT2D eigenvalue weighted by Gasteiger charge is 2.16. The van der Waals surface area contributed by atoms with Crippen molar-refractivity contribution < 1.29 is 18.6 Å². The molecule has 0 bridgehead atoms. The Morgan fingerprint density at radius 3 is 2.48 bits per heavy atom. The number of anilines is 1. The van der Waals surface area contributed by atoms with Crippen molar-refractivity contribution in [3.8, 4) is 17.2 Å². The molecule has 0 unspecified atom stereocenters. The average Bonchev–Trinajstić information content (AvgIpc) is 3.30. The second kappa shape index (κ2) is 8.97. The van der Waals surface area contributed by atoms with Crippen molar-refractivity contribution in [1.29, 1.82) is 0 Å². The molecule has 1 saturated heterocycles. The molecule has 0 atom stereocenters. The molecule has 150 valence electrons. The second-order valence-corrected chi connectivity index (χ2v) is 6.93. The van der Waals surface area contributed by atoms with Crippen molar-refractivity contribution in [2.24, 2.45) is 0 Å². The lowest BCUT2D eigenvalue weighted by Gasteiger charge is -2.18. The van der Waals surface area contributed by atoms with Gasteiger partial charge in [-0.3, -0.25) is 0 Å². The van der Waals surface area contributed by atoms with Crippen molar-refractivity contribution in [2.45, 2.75) is 20.0 Å². The summed E-state index contributed by atoms with van der Waals surface area (Å²) in [6.45, 7) is 4.40. The lowest BCUT2D eigenvalue weighted by molar-refractivity contribution is 0.201. The lowest BCUT2D eigenvalue weighted by Crippen LogP contribution is -2.18. The van der Waals surface area contributed by atoms with Crippen molar-refractivity contribution in [1.82, 2.24) is 0 Å². The molecule has 3 aromatic rings. The molecule has 1 aliphatic rings. The molecular weight excluding hydrogens is 369 g/mol. The summed E-state index contributed by atoms with van der Waals surface area (Å²) in [7, 11) is 0. The van der Waals surface area contributed by atoms with Gasteiger partial charge in [-0.05, 0) is 41.8 Å². The van der Waals surface area contributed by atoms with Crippen LogP contribution in [-0.2, 0) is 17.8 Å². The summed E-state index contributed by atoms with van der Waals surface area (Å²) in [5.74, 6) is 0.851. The van der Waals surface area contributed by atoms with Gasteiger partial charge in [0.25, 0.3) is 0 Å². The molecular formula is C24H24FNO3. The zero-order chi connectivity index (χ0) is 20.1. The summed E-state index contributed by atoms with van der Waals surface area (Å²) < 4.78 is 31.9. The lowest BCUT2D eigenvalue weighted by atomic mass is 10.1. The van der Waals surface area contributed by atoms with E-state index in [9.17, 15) is 4.39 Å². The Hall–Kier alpha value is -3.05. The molecule has 4 rings (SSSR count). The molecule has 1 aliphatic heterocycles. The van der Waals surface area contributed by atoms with Gasteiger partial charge >= 0.3 is 0 Å². The molecule has 29 heavy (non-hydrogen) atoms. The van der Waals surface area contributed by atoms with Gasteiger partial charge in [0.1, 0.15) is 13.3 Å². The number of benzene rings is 3. The first-order valence-corrected chi connectivity index (χ1v) is 9.82. The Balaban J connectivity index is 1.54. The van der Waals surface area contributed by atoms with E-state index >= 15 is 0 Å². The number of nitrogens with zero attached hydrogens (tertiary/aromatic N) is 1. The zero-order valence-electron chi connectivity index (χ0n) is 16.4. The third kappa shape index (κ3) is 4.69. The van der Waals surface area contributed by atoms with E-state index in [4.69, 9.17) is 14.2 Å². The molecule has 5 heteroatoms. The molecule has 1 fully saturated rings. The van der Waals surface area contributed by atoms with E-state index in [2.05, 4.69) is 6.92 Å². The average molecular weight is 393 g/mol. The normalized spacial score (nSPS) is 13.5. The topological polar surface area (TPSA) is 30.9 Å². The molecule has 0 saturated carbocycles. The molecule has 3 aromatic carbocycles. The predicted octanol–water partition coefficient (Wildman–Crippen LogP) is 5.55. The zero-order valence-corrected chi connectivity index (χ0v) is 16.4. The van der Waals surface area contributed by atoms with Gasteiger partial charge in [0.2, 0.25) is 0 Å². The first-order valence-electron chi connectivity index (χ1n) is 9.82. The highest BCUT2D eigenvalue weighted by Crippen LogP contribution is 2.35. The minimum Gasteiger partial charge on any atom is -0.485 e. The van der Waals surface area contributed by atoms with Crippen LogP contribution in [0, 0.1) is 5.82 Å². The maximum absolute atomic E-state index is 14.7. The fourth-order valence-electron chi connectivity index (χ4n) is 3.21. The van der Waals surface area contributed by atoms with E-state index in [0.717, 1.165) is 29.8 Å². The number of ether oxygens (including phenoxy) is 3. The highest BCUT2D eigenvalue weighted by molar-refractivity contribution is 5.52. The van der Waals surface area contributed by atoms with Crippen molar-refractivity contribution >= 4 is 5.69 Å². The Kier molecular flexibility index (Phi) is 5.96. The molecule has 1 heterocycles. The maximum Gasteiger partial charge on any atom is 0.169 e. The van der Waals surface area contributed by atoms with Crippen LogP contribution in [0.15, 0.2) is 66.7 Å². The van der Waals surface area contributed by atoms with Gasteiger partial charge in [-0.1, -0.05) is 43.3 Å². The summed E-state index contributed by atoms with van der Waals surface area (Å²) in [5.41, 5.74) is 2.98. The molecule has 4 nitrogen and oxygen atoms in total. The van der Waals surface area contributed by atoms with Gasteiger partial charge in [0.05, 0.1) is 6.61 Å². The van der Waals surface area contributed by atoms with Gasteiger partial charge in [-0.15, -0.1) is 0 Å². The van der Waals surface area contributed by atoms with Crippen molar-refractivity contribution in [3.05, 3.63) is 83.7 Å². The molecule has 0 N–H and O–H groups in total. The Morgan fingerprint density at radius 1 is 0.931 bits per heavy atom. The SMILES string of the molecule is CCc1ccc(Oc2ccc(N3CCOC3)cc2F)c(OCc2ccccc2)c1. The number of rotatable bonds is 7. The minimum absolute atomic E-state index is 0.169. The minimum atomic E-state index is -0.414. The van der Waals surface area contributed by atoms with E-state index in [-0.39, 0.29) is 5.75 Å². The van der Waals surface area contributed by atoms with Crippen LogP contribution in [0.1, 0.15) is 18.1 Å². The molecule has 0 aromatic heterocycles. The van der Waals surface area contributed by atoms with Crippen LogP contribution in [0.5, 0.6) is 17.2 Å². The van der Waals surface area contributed by atoms with Crippen LogP contribution in [0.25, 0.3) is 0 Å². The first-order chi connectivity index (χ1) is 14.2. The van der Waals surface area contributed by atoms with E-state index in [1.807, 2.05) is 59.5 Å². The van der Waals surface area contributed by atoms with E-state index in [1.165, 1.54) is 6.07 Å². The van der Waals surface area contributed by atoms with Gasteiger partial charge in [-0.25, -0.2) is 4.39 Å². The predicted molar refractivity (Wildman–Crippen MR) is 111 cm³/mol. The summed E-state index contributed by atoms with van der Waals surface area (Å²) in [6.07, 6.45) is 0.878. The number of halogens is 1. The summed E-state index contributed by atoms with van der Waals surface area (Å²) >= 11 is 0. The van der Waals surface area contributed by atoms with Crippen molar-refractivity contribution in [2.75, 3.05) is 24.8 Å². The van der Waals surface area contributed by atoms with Crippen LogP contribution < -0.4 is 14.4 Å². The van der Waals surface area contributed by atoms with Crippen LogP contribution in [0.4, 0.5) is 10.1 Å². The highest BCUT2D eigenvalue weighted by atomic mass is 19.1. The monoisotopic (exact) mass is 393 g/mol. The quantitative estimate of drug-likeness (QED) is 0.526. The fraction of sp³-hybridized carbons (Fsp3) is 0.250. The third-order valence-electron chi connectivity index (χ3n) is 4.91. The van der Waals surface area contributed by atoms with Gasteiger partial charge in [0, 0.05) is 18.3 Å². The Morgan fingerprint density at radius 2 is 1.76 bits per heavy atom. The summed E-state index contributed by atoms with van der Waals surface area (Å²) in [4.78, 5) is 1.98. The van der Waals surface area contributed by atoms with Crippen LogP contribution >= 0.6 is 0 Å². The van der Waals surface area contributed by atoms with Crippen molar-refractivity contribution in [3.63, 3.8) is 0 Å². The Labute approximate surface area is 170 Å². The standard InChI is InChI=1S/C24H24FNO3/c1-2-18-8-10-23(24(14-18)28-16-19-6-4-3-5-7-19)29-22-11-9-20(15-21(22)25)26-12-13-27-17-26/h3-11,14-15H,2,12-13,16-17H2,1H3. The van der Waals surface area contributed by atoms with E-state index in [1.54, 1.807) is 6.07 Å². The Bertz CT molecular complexity index is 956. The van der Waals surface area contributed by atoms with Crippen LogP contribution in [0.2, 0.25) is 0 Å². The van der Waals surface area contributed by atoms with E-state index < -0.39 is 5.82 Å². The summed E-state index contributed by atoms with van der Waals surface area (Å²) in [5, 5.41) is 0. The fourth-order valence-corrected chi connectivity index (χ4v) is 3.21. The number of aryl methyl sites for hydroxylation is 1. The maximum atomic E-state index is 14.7. The van der Waals surface area contributed by atoms with E-state index in [0.29, 0.717) is 31.4 Å². The molecule has 0 radical (unpaired) electrons. The smallest absolute Gasteiger partial charge is 0.169 e. The molecule has 0 spiro atoms. The third-order valence-corrected chi connectivity index (χ3v) is 4.91. The number of hydrogen-bond donors (Lipinski definition) is 0. The van der Waals surface area contributed by atoms with Crippen LogP contribution in [0.3, 0.4) is 0 Å². The molecule has 0 aliphatic carbocycles. The summed E-state index contributed by atoms with van der Waals surface area (Å²) in [6, 6.07) is 20.7.